The molecule has 1 aliphatic heterocycles. The number of hydrogen-bond donors (Lipinski definition) is 1. The second kappa shape index (κ2) is 7.96. The van der Waals surface area contributed by atoms with Crippen LogP contribution in [-0.2, 0) is 11.2 Å². The Morgan fingerprint density at radius 1 is 1.19 bits per heavy atom. The fourth-order valence-corrected chi connectivity index (χ4v) is 2.77. The number of halogens is 4. The Morgan fingerprint density at radius 3 is 2.74 bits per heavy atom. The van der Waals surface area contributed by atoms with Gasteiger partial charge >= 0.3 is 6.18 Å². The molecule has 1 N–H and O–H groups in total. The van der Waals surface area contributed by atoms with Crippen LogP contribution in [0.5, 0.6) is 17.2 Å². The molecule has 0 unspecified atom stereocenters. The number of amides is 1. The number of hydrogen-bond acceptors (Lipinski definition) is 4. The minimum atomic E-state index is -4.43. The number of alkyl halides is 3. The van der Waals surface area contributed by atoms with Gasteiger partial charge in [0.25, 0.3) is 0 Å². The van der Waals surface area contributed by atoms with Gasteiger partial charge in [-0.25, -0.2) is 0 Å². The van der Waals surface area contributed by atoms with Gasteiger partial charge < -0.3 is 19.5 Å². The zero-order valence-corrected chi connectivity index (χ0v) is 14.7. The van der Waals surface area contributed by atoms with E-state index < -0.39 is 12.8 Å². The predicted octanol–water partition coefficient (Wildman–Crippen LogP) is 4.23. The van der Waals surface area contributed by atoms with Crippen LogP contribution >= 0.6 is 11.6 Å². The van der Waals surface area contributed by atoms with E-state index in [2.05, 4.69) is 10.1 Å². The fourth-order valence-electron chi connectivity index (χ4n) is 2.49. The summed E-state index contributed by atoms with van der Waals surface area (Å²) in [5.41, 5.74) is 0.939. The molecular weight excluding hydrogens is 387 g/mol. The summed E-state index contributed by atoms with van der Waals surface area (Å²) in [6, 6.07) is 9.01. The molecule has 0 aliphatic carbocycles. The predicted molar refractivity (Wildman–Crippen MR) is 92.8 cm³/mol. The van der Waals surface area contributed by atoms with Crippen LogP contribution < -0.4 is 19.5 Å². The minimum Gasteiger partial charge on any atom is -0.486 e. The van der Waals surface area contributed by atoms with Crippen molar-refractivity contribution in [1.29, 1.82) is 0 Å². The van der Waals surface area contributed by atoms with E-state index in [0.29, 0.717) is 41.0 Å². The van der Waals surface area contributed by atoms with E-state index in [0.717, 1.165) is 0 Å². The van der Waals surface area contributed by atoms with Crippen molar-refractivity contribution in [2.45, 2.75) is 12.6 Å². The van der Waals surface area contributed by atoms with Gasteiger partial charge in [0.15, 0.2) is 18.1 Å². The van der Waals surface area contributed by atoms with Gasteiger partial charge in [0.05, 0.1) is 11.4 Å². The molecule has 0 saturated heterocycles. The Morgan fingerprint density at radius 2 is 1.96 bits per heavy atom. The van der Waals surface area contributed by atoms with Crippen LogP contribution in [0, 0.1) is 0 Å². The smallest absolute Gasteiger partial charge is 0.422 e. The van der Waals surface area contributed by atoms with E-state index in [1.54, 1.807) is 18.2 Å². The first kappa shape index (κ1) is 19.2. The molecule has 27 heavy (non-hydrogen) atoms. The molecule has 1 aliphatic rings. The van der Waals surface area contributed by atoms with Gasteiger partial charge in [0.2, 0.25) is 5.91 Å². The number of rotatable bonds is 5. The average molecular weight is 402 g/mol. The van der Waals surface area contributed by atoms with Crippen molar-refractivity contribution in [3.05, 3.63) is 47.0 Å². The van der Waals surface area contributed by atoms with Crippen LogP contribution in [0.2, 0.25) is 5.02 Å². The number of fused-ring (bicyclic) bond motifs is 1. The van der Waals surface area contributed by atoms with Crippen LogP contribution in [0.3, 0.4) is 0 Å². The van der Waals surface area contributed by atoms with Crippen molar-refractivity contribution >= 4 is 23.2 Å². The van der Waals surface area contributed by atoms with Gasteiger partial charge in [-0.3, -0.25) is 4.79 Å². The SMILES string of the molecule is O=C(Cc1cc(Cl)c2c(c1)OCCO2)Nc1cccc(OCC(F)(F)F)c1. The molecule has 5 nitrogen and oxygen atoms in total. The van der Waals surface area contributed by atoms with Crippen molar-refractivity contribution < 1.29 is 32.2 Å². The fraction of sp³-hybridized carbons (Fsp3) is 0.278. The summed E-state index contributed by atoms with van der Waals surface area (Å²) in [4.78, 5) is 12.2. The van der Waals surface area contributed by atoms with E-state index in [-0.39, 0.29) is 18.1 Å². The molecule has 1 amide bonds. The lowest BCUT2D eigenvalue weighted by Crippen LogP contribution is -2.19. The summed E-state index contributed by atoms with van der Waals surface area (Å²) in [5, 5.41) is 2.96. The summed E-state index contributed by atoms with van der Waals surface area (Å²) >= 11 is 6.14. The van der Waals surface area contributed by atoms with Crippen LogP contribution in [0.1, 0.15) is 5.56 Å². The summed E-state index contributed by atoms with van der Waals surface area (Å²) in [6.45, 7) is -0.608. The maximum Gasteiger partial charge on any atom is 0.422 e. The lowest BCUT2D eigenvalue weighted by atomic mass is 10.1. The second-order valence-corrected chi connectivity index (χ2v) is 6.17. The van der Waals surface area contributed by atoms with Gasteiger partial charge in [0, 0.05) is 11.8 Å². The molecule has 2 aromatic carbocycles. The Bertz CT molecular complexity index is 842. The maximum atomic E-state index is 12.2. The largest absolute Gasteiger partial charge is 0.486 e. The summed E-state index contributed by atoms with van der Waals surface area (Å²) in [7, 11) is 0. The molecule has 0 fully saturated rings. The average Bonchev–Trinajstić information content (AvgIpc) is 2.60. The lowest BCUT2D eigenvalue weighted by molar-refractivity contribution is -0.153. The van der Waals surface area contributed by atoms with Crippen molar-refractivity contribution in [2.24, 2.45) is 0 Å². The molecule has 0 atom stereocenters. The molecule has 1 heterocycles. The Hall–Kier alpha value is -2.61. The molecule has 0 saturated carbocycles. The number of anilines is 1. The van der Waals surface area contributed by atoms with Gasteiger partial charge in [-0.2, -0.15) is 13.2 Å². The highest BCUT2D eigenvalue weighted by Crippen LogP contribution is 2.38. The minimum absolute atomic E-state index is 0.00396. The van der Waals surface area contributed by atoms with Gasteiger partial charge in [-0.05, 0) is 29.8 Å². The topological polar surface area (TPSA) is 56.8 Å². The van der Waals surface area contributed by atoms with E-state index in [4.69, 9.17) is 21.1 Å². The van der Waals surface area contributed by atoms with Crippen molar-refractivity contribution in [3.8, 4) is 17.2 Å². The standard InChI is InChI=1S/C18H15ClF3NO4/c19-14-6-11(7-15-17(14)26-5-4-25-15)8-16(24)23-12-2-1-3-13(9-12)27-10-18(20,21)22/h1-3,6-7,9H,4-5,8,10H2,(H,23,24). The first-order valence-electron chi connectivity index (χ1n) is 7.98. The molecule has 0 spiro atoms. The van der Waals surface area contributed by atoms with E-state index in [1.807, 2.05) is 0 Å². The maximum absolute atomic E-state index is 12.2. The molecule has 3 rings (SSSR count). The third-order valence-corrected chi connectivity index (χ3v) is 3.82. The normalized spacial score (nSPS) is 13.2. The summed E-state index contributed by atoms with van der Waals surface area (Å²) < 4.78 is 52.2. The quantitative estimate of drug-likeness (QED) is 0.814. The van der Waals surface area contributed by atoms with Gasteiger partial charge in [-0.15, -0.1) is 0 Å². The molecule has 0 radical (unpaired) electrons. The third-order valence-electron chi connectivity index (χ3n) is 3.54. The zero-order valence-electron chi connectivity index (χ0n) is 13.9. The van der Waals surface area contributed by atoms with Crippen LogP contribution in [-0.4, -0.2) is 31.9 Å². The number of benzene rings is 2. The van der Waals surface area contributed by atoms with Gasteiger partial charge in [-0.1, -0.05) is 17.7 Å². The van der Waals surface area contributed by atoms with Crippen molar-refractivity contribution in [1.82, 2.24) is 0 Å². The number of ether oxygens (including phenoxy) is 3. The molecule has 0 bridgehead atoms. The number of carbonyl (C=O) groups excluding carboxylic acids is 1. The lowest BCUT2D eigenvalue weighted by Gasteiger charge is -2.20. The van der Waals surface area contributed by atoms with Crippen LogP contribution in [0.25, 0.3) is 0 Å². The first-order valence-corrected chi connectivity index (χ1v) is 8.35. The highest BCUT2D eigenvalue weighted by Gasteiger charge is 2.28. The first-order chi connectivity index (χ1) is 12.8. The summed E-state index contributed by atoms with van der Waals surface area (Å²) in [6.07, 6.45) is -4.43. The molecule has 0 aromatic heterocycles. The van der Waals surface area contributed by atoms with E-state index in [1.165, 1.54) is 18.2 Å². The third kappa shape index (κ3) is 5.43. The van der Waals surface area contributed by atoms with E-state index in [9.17, 15) is 18.0 Å². The zero-order chi connectivity index (χ0) is 19.4. The molecule has 2 aromatic rings. The Kier molecular flexibility index (Phi) is 5.65. The Labute approximate surface area is 158 Å². The number of carbonyl (C=O) groups is 1. The van der Waals surface area contributed by atoms with Crippen molar-refractivity contribution in [2.75, 3.05) is 25.1 Å². The van der Waals surface area contributed by atoms with Crippen LogP contribution in [0.4, 0.5) is 18.9 Å². The highest BCUT2D eigenvalue weighted by atomic mass is 35.5. The van der Waals surface area contributed by atoms with Crippen LogP contribution in [0.15, 0.2) is 36.4 Å². The summed E-state index contributed by atoms with van der Waals surface area (Å²) in [5.74, 6) is 0.559. The second-order valence-electron chi connectivity index (χ2n) is 5.76. The number of nitrogens with one attached hydrogen (secondary N) is 1. The molecule has 144 valence electrons. The molecular formula is C18H15ClF3NO4. The van der Waals surface area contributed by atoms with Crippen molar-refractivity contribution in [3.63, 3.8) is 0 Å². The Balaban J connectivity index is 1.63. The molecule has 9 heteroatoms. The van der Waals surface area contributed by atoms with Gasteiger partial charge in [0.1, 0.15) is 19.0 Å². The van der Waals surface area contributed by atoms with E-state index >= 15 is 0 Å². The monoisotopic (exact) mass is 401 g/mol. The highest BCUT2D eigenvalue weighted by molar-refractivity contribution is 6.32.